The van der Waals surface area contributed by atoms with Gasteiger partial charge in [0.2, 0.25) is 0 Å². The van der Waals surface area contributed by atoms with E-state index < -0.39 is 6.29 Å². The molecule has 0 spiro atoms. The SMILES string of the molecule is CCOC(O)Cc1ccc(P)cc1F. The molecular weight excluding hydrogens is 202 g/mol. The quantitative estimate of drug-likeness (QED) is 0.605. The molecule has 1 rings (SSSR count). The van der Waals surface area contributed by atoms with Crippen molar-refractivity contribution in [1.29, 1.82) is 0 Å². The van der Waals surface area contributed by atoms with E-state index in [1.165, 1.54) is 6.07 Å². The lowest BCUT2D eigenvalue weighted by Crippen LogP contribution is -2.16. The topological polar surface area (TPSA) is 29.5 Å². The lowest BCUT2D eigenvalue weighted by Gasteiger charge is -2.11. The maximum Gasteiger partial charge on any atom is 0.158 e. The van der Waals surface area contributed by atoms with Gasteiger partial charge in [-0.05, 0) is 23.9 Å². The van der Waals surface area contributed by atoms with Crippen LogP contribution >= 0.6 is 9.24 Å². The van der Waals surface area contributed by atoms with E-state index in [2.05, 4.69) is 9.24 Å². The summed E-state index contributed by atoms with van der Waals surface area (Å²) in [5.74, 6) is -0.309. The minimum atomic E-state index is -0.926. The second-order valence-corrected chi connectivity index (χ2v) is 3.63. The summed E-state index contributed by atoms with van der Waals surface area (Å²) < 4.78 is 18.2. The molecule has 0 heterocycles. The fraction of sp³-hybridized carbons (Fsp3) is 0.400. The second-order valence-electron chi connectivity index (χ2n) is 2.96. The molecule has 1 aromatic carbocycles. The third-order valence-electron chi connectivity index (χ3n) is 1.83. The third-order valence-corrected chi connectivity index (χ3v) is 2.19. The van der Waals surface area contributed by atoms with E-state index >= 15 is 0 Å². The van der Waals surface area contributed by atoms with Gasteiger partial charge in [0.05, 0.1) is 0 Å². The largest absolute Gasteiger partial charge is 0.368 e. The zero-order valence-electron chi connectivity index (χ0n) is 8.03. The maximum atomic E-state index is 13.3. The average Bonchev–Trinajstić information content (AvgIpc) is 2.10. The normalized spacial score (nSPS) is 12.9. The van der Waals surface area contributed by atoms with Crippen LogP contribution in [-0.2, 0) is 11.2 Å². The molecule has 14 heavy (non-hydrogen) atoms. The molecule has 0 aliphatic carbocycles. The molecule has 0 aliphatic rings. The van der Waals surface area contributed by atoms with Crippen LogP contribution in [0.1, 0.15) is 12.5 Å². The second kappa shape index (κ2) is 5.40. The molecule has 0 bridgehead atoms. The number of halogens is 1. The third kappa shape index (κ3) is 3.33. The lowest BCUT2D eigenvalue weighted by molar-refractivity contribution is -0.0931. The first-order valence-corrected chi connectivity index (χ1v) is 5.04. The van der Waals surface area contributed by atoms with Crippen molar-refractivity contribution in [3.63, 3.8) is 0 Å². The first kappa shape index (κ1) is 11.6. The maximum absolute atomic E-state index is 13.3. The van der Waals surface area contributed by atoms with Crippen LogP contribution in [0.5, 0.6) is 0 Å². The van der Waals surface area contributed by atoms with Gasteiger partial charge in [-0.1, -0.05) is 12.1 Å². The van der Waals surface area contributed by atoms with Gasteiger partial charge in [-0.15, -0.1) is 9.24 Å². The summed E-state index contributed by atoms with van der Waals surface area (Å²) in [5, 5.41) is 10.1. The molecule has 1 aromatic rings. The van der Waals surface area contributed by atoms with Crippen molar-refractivity contribution in [3.8, 4) is 0 Å². The highest BCUT2D eigenvalue weighted by atomic mass is 31.0. The molecule has 1 N–H and O–H groups in total. The Morgan fingerprint density at radius 2 is 2.29 bits per heavy atom. The Hall–Kier alpha value is -0.500. The van der Waals surface area contributed by atoms with Crippen LogP contribution in [0, 0.1) is 5.82 Å². The Balaban J connectivity index is 2.67. The van der Waals surface area contributed by atoms with Gasteiger partial charge in [0, 0.05) is 13.0 Å². The lowest BCUT2D eigenvalue weighted by atomic mass is 10.1. The molecule has 0 aliphatic heterocycles. The van der Waals surface area contributed by atoms with Gasteiger partial charge in [-0.2, -0.15) is 0 Å². The van der Waals surface area contributed by atoms with Crippen LogP contribution in [0.25, 0.3) is 0 Å². The monoisotopic (exact) mass is 216 g/mol. The number of rotatable bonds is 4. The highest BCUT2D eigenvalue weighted by Crippen LogP contribution is 2.09. The molecule has 0 fully saturated rings. The highest BCUT2D eigenvalue weighted by Gasteiger charge is 2.08. The summed E-state index contributed by atoms with van der Waals surface area (Å²) in [6.07, 6.45) is -0.741. The van der Waals surface area contributed by atoms with Gasteiger partial charge in [-0.25, -0.2) is 4.39 Å². The molecule has 2 atom stereocenters. The number of benzene rings is 1. The molecule has 0 aromatic heterocycles. The van der Waals surface area contributed by atoms with Crippen LogP contribution in [0.2, 0.25) is 0 Å². The van der Waals surface area contributed by atoms with Gasteiger partial charge in [0.25, 0.3) is 0 Å². The van der Waals surface area contributed by atoms with E-state index in [-0.39, 0.29) is 12.2 Å². The Morgan fingerprint density at radius 1 is 1.57 bits per heavy atom. The van der Waals surface area contributed by atoms with Gasteiger partial charge in [-0.3, -0.25) is 0 Å². The van der Waals surface area contributed by atoms with E-state index in [1.807, 2.05) is 0 Å². The van der Waals surface area contributed by atoms with Gasteiger partial charge >= 0.3 is 0 Å². The number of aliphatic hydroxyl groups excluding tert-OH is 1. The number of aliphatic hydroxyl groups is 1. The molecule has 78 valence electrons. The van der Waals surface area contributed by atoms with Crippen LogP contribution in [0.3, 0.4) is 0 Å². The molecule has 0 radical (unpaired) electrons. The van der Waals surface area contributed by atoms with Crippen LogP contribution in [0.4, 0.5) is 4.39 Å². The van der Waals surface area contributed by atoms with Crippen molar-refractivity contribution < 1.29 is 14.2 Å². The van der Waals surface area contributed by atoms with Crippen molar-refractivity contribution in [3.05, 3.63) is 29.6 Å². The summed E-state index contributed by atoms with van der Waals surface area (Å²) in [7, 11) is 2.42. The predicted octanol–water partition coefficient (Wildman–Crippen LogP) is 1.22. The summed E-state index contributed by atoms with van der Waals surface area (Å²) >= 11 is 0. The minimum Gasteiger partial charge on any atom is -0.368 e. The van der Waals surface area contributed by atoms with Crippen LogP contribution in [0.15, 0.2) is 18.2 Å². The van der Waals surface area contributed by atoms with Crippen molar-refractivity contribution in [2.24, 2.45) is 0 Å². The van der Waals surface area contributed by atoms with E-state index in [4.69, 9.17) is 4.74 Å². The van der Waals surface area contributed by atoms with E-state index in [0.29, 0.717) is 12.2 Å². The zero-order valence-corrected chi connectivity index (χ0v) is 9.19. The smallest absolute Gasteiger partial charge is 0.158 e. The zero-order chi connectivity index (χ0) is 10.6. The highest BCUT2D eigenvalue weighted by molar-refractivity contribution is 7.27. The number of hydrogen-bond acceptors (Lipinski definition) is 2. The van der Waals surface area contributed by atoms with Gasteiger partial charge < -0.3 is 9.84 Å². The summed E-state index contributed by atoms with van der Waals surface area (Å²) in [6, 6.07) is 4.85. The fourth-order valence-electron chi connectivity index (χ4n) is 1.17. The van der Waals surface area contributed by atoms with Crippen LogP contribution in [-0.4, -0.2) is 18.0 Å². The summed E-state index contributed by atoms with van der Waals surface area (Å²) in [4.78, 5) is 0. The van der Waals surface area contributed by atoms with Crippen molar-refractivity contribution >= 4 is 14.5 Å². The van der Waals surface area contributed by atoms with E-state index in [0.717, 1.165) is 5.30 Å². The van der Waals surface area contributed by atoms with E-state index in [9.17, 15) is 9.50 Å². The van der Waals surface area contributed by atoms with Gasteiger partial charge in [0.15, 0.2) is 6.29 Å². The fourth-order valence-corrected chi connectivity index (χ4v) is 1.41. The molecule has 0 amide bonds. The van der Waals surface area contributed by atoms with Crippen LogP contribution < -0.4 is 5.30 Å². The molecule has 0 saturated heterocycles. The molecular formula is C10H14FO2P. The van der Waals surface area contributed by atoms with Gasteiger partial charge in [0.1, 0.15) is 5.82 Å². The first-order valence-electron chi connectivity index (χ1n) is 4.47. The Bertz CT molecular complexity index is 304. The minimum absolute atomic E-state index is 0.185. The molecule has 2 nitrogen and oxygen atoms in total. The number of ether oxygens (including phenoxy) is 1. The first-order chi connectivity index (χ1) is 6.63. The molecule has 2 unspecified atom stereocenters. The Morgan fingerprint density at radius 3 is 2.86 bits per heavy atom. The molecule has 0 saturated carbocycles. The van der Waals surface area contributed by atoms with Crippen molar-refractivity contribution in [2.45, 2.75) is 19.6 Å². The van der Waals surface area contributed by atoms with Crippen molar-refractivity contribution in [1.82, 2.24) is 0 Å². The summed E-state index contributed by atoms with van der Waals surface area (Å²) in [6.45, 7) is 2.20. The Kier molecular flexibility index (Phi) is 4.46. The standard InChI is InChI=1S/C10H14FO2P/c1-2-13-10(12)5-7-3-4-8(14)6-9(7)11/h3-4,6,10,12H,2,5,14H2,1H3. The predicted molar refractivity (Wildman–Crippen MR) is 57.1 cm³/mol. The van der Waals surface area contributed by atoms with Crippen molar-refractivity contribution in [2.75, 3.05) is 6.61 Å². The average molecular weight is 216 g/mol. The summed E-state index contributed by atoms with van der Waals surface area (Å²) in [5.41, 5.74) is 0.470. The van der Waals surface area contributed by atoms with E-state index in [1.54, 1.807) is 19.1 Å². The Labute approximate surface area is 85.3 Å². The molecule has 4 heteroatoms. The number of hydrogen-bond donors (Lipinski definition) is 1.